The molecule has 0 spiro atoms. The molecule has 1 heterocycles. The Labute approximate surface area is 93.0 Å². The largest absolute Gasteiger partial charge is 0.492 e. The second kappa shape index (κ2) is 3.52. The molecule has 0 aliphatic carbocycles. The second-order valence-electron chi connectivity index (χ2n) is 3.80. The van der Waals surface area contributed by atoms with Gasteiger partial charge in [-0.3, -0.25) is 0 Å². The first-order valence-corrected chi connectivity index (χ1v) is 5.26. The van der Waals surface area contributed by atoms with Crippen molar-refractivity contribution in [2.45, 2.75) is 6.42 Å². The summed E-state index contributed by atoms with van der Waals surface area (Å²) in [6, 6.07) is 12.0. The van der Waals surface area contributed by atoms with Crippen LogP contribution in [0.2, 0.25) is 0 Å². The van der Waals surface area contributed by atoms with Gasteiger partial charge in [0.2, 0.25) is 0 Å². The highest BCUT2D eigenvalue weighted by atomic mass is 16.5. The van der Waals surface area contributed by atoms with Crippen LogP contribution in [0.3, 0.4) is 0 Å². The zero-order valence-electron chi connectivity index (χ0n) is 8.68. The van der Waals surface area contributed by atoms with Crippen molar-refractivity contribution in [3.8, 4) is 5.75 Å². The highest BCUT2D eigenvalue weighted by Gasteiger charge is 2.19. The molecular formula is C13H11NO2. The van der Waals surface area contributed by atoms with Crippen LogP contribution in [0.4, 0.5) is 0 Å². The van der Waals surface area contributed by atoms with Crippen LogP contribution in [0, 0.1) is 0 Å². The molecule has 80 valence electrons. The van der Waals surface area contributed by atoms with Crippen molar-refractivity contribution in [3.05, 3.63) is 42.0 Å². The Balaban J connectivity index is 2.39. The number of hydrogen-bond acceptors (Lipinski definition) is 3. The van der Waals surface area contributed by atoms with Crippen LogP contribution in [0.5, 0.6) is 5.75 Å². The normalized spacial score (nSPS) is 17.1. The molecule has 1 N–H and O–H groups in total. The van der Waals surface area contributed by atoms with Gasteiger partial charge in [0.1, 0.15) is 5.75 Å². The van der Waals surface area contributed by atoms with E-state index >= 15 is 0 Å². The molecule has 3 heteroatoms. The molecule has 16 heavy (non-hydrogen) atoms. The summed E-state index contributed by atoms with van der Waals surface area (Å²) >= 11 is 0. The van der Waals surface area contributed by atoms with Gasteiger partial charge >= 0.3 is 0 Å². The second-order valence-corrected chi connectivity index (χ2v) is 3.80. The lowest BCUT2D eigenvalue weighted by atomic mass is 9.97. The molecule has 2 aromatic rings. The average molecular weight is 213 g/mol. The number of nitrogens with zero attached hydrogens (tertiary/aromatic N) is 1. The Hall–Kier alpha value is -2.03. The molecule has 3 rings (SSSR count). The Morgan fingerprint density at radius 2 is 2.00 bits per heavy atom. The fourth-order valence-corrected chi connectivity index (χ4v) is 2.15. The summed E-state index contributed by atoms with van der Waals surface area (Å²) in [6.07, 6.45) is 0.650. The Bertz CT molecular complexity index is 575. The van der Waals surface area contributed by atoms with Gasteiger partial charge in [0.25, 0.3) is 0 Å². The first-order chi connectivity index (χ1) is 7.90. The van der Waals surface area contributed by atoms with Gasteiger partial charge in [0, 0.05) is 12.0 Å². The third-order valence-corrected chi connectivity index (χ3v) is 2.90. The topological polar surface area (TPSA) is 41.8 Å². The fourth-order valence-electron chi connectivity index (χ4n) is 2.15. The van der Waals surface area contributed by atoms with Gasteiger partial charge in [-0.05, 0) is 16.8 Å². The molecule has 0 atom stereocenters. The Kier molecular flexibility index (Phi) is 2.03. The molecule has 0 aromatic heterocycles. The Morgan fingerprint density at radius 1 is 1.12 bits per heavy atom. The van der Waals surface area contributed by atoms with Gasteiger partial charge in [-0.1, -0.05) is 35.5 Å². The number of benzene rings is 2. The van der Waals surface area contributed by atoms with Crippen LogP contribution in [0.25, 0.3) is 10.8 Å². The van der Waals surface area contributed by atoms with Gasteiger partial charge in [0.15, 0.2) is 0 Å². The maximum absolute atomic E-state index is 9.03. The van der Waals surface area contributed by atoms with Gasteiger partial charge < -0.3 is 9.94 Å². The number of hydrogen-bond donors (Lipinski definition) is 1. The van der Waals surface area contributed by atoms with E-state index in [4.69, 9.17) is 9.94 Å². The van der Waals surface area contributed by atoms with Crippen molar-refractivity contribution in [1.29, 1.82) is 0 Å². The lowest BCUT2D eigenvalue weighted by molar-refractivity contribution is 0.298. The summed E-state index contributed by atoms with van der Waals surface area (Å²) in [5, 5.41) is 14.6. The monoisotopic (exact) mass is 213 g/mol. The number of oxime groups is 1. The summed E-state index contributed by atoms with van der Waals surface area (Å²) in [6.45, 7) is 0.574. The highest BCUT2D eigenvalue weighted by molar-refractivity contribution is 6.13. The van der Waals surface area contributed by atoms with Gasteiger partial charge in [-0.15, -0.1) is 0 Å². The maximum Gasteiger partial charge on any atom is 0.129 e. The zero-order valence-corrected chi connectivity index (χ0v) is 8.68. The van der Waals surface area contributed by atoms with Gasteiger partial charge in [-0.2, -0.15) is 0 Å². The first kappa shape index (κ1) is 9.21. The zero-order chi connectivity index (χ0) is 11.0. The minimum Gasteiger partial charge on any atom is -0.492 e. The molecule has 0 fully saturated rings. The summed E-state index contributed by atoms with van der Waals surface area (Å²) in [5.74, 6) is 0.803. The number of fused-ring (bicyclic) bond motifs is 3. The van der Waals surface area contributed by atoms with Crippen LogP contribution in [0.1, 0.15) is 12.0 Å². The number of ether oxygens (including phenoxy) is 1. The minimum absolute atomic E-state index is 0.574. The Morgan fingerprint density at radius 3 is 2.88 bits per heavy atom. The summed E-state index contributed by atoms with van der Waals surface area (Å²) in [4.78, 5) is 0. The molecule has 0 bridgehead atoms. The van der Waals surface area contributed by atoms with Crippen molar-refractivity contribution >= 4 is 16.5 Å². The molecule has 0 saturated heterocycles. The van der Waals surface area contributed by atoms with E-state index in [2.05, 4.69) is 5.16 Å². The SMILES string of the molecule is O/N=C1\CCOc2ccc3ccccc3c21. The summed E-state index contributed by atoms with van der Waals surface area (Å²) in [7, 11) is 0. The van der Waals surface area contributed by atoms with Crippen LogP contribution in [0.15, 0.2) is 41.6 Å². The van der Waals surface area contributed by atoms with E-state index in [1.54, 1.807) is 0 Å². The lowest BCUT2D eigenvalue weighted by Gasteiger charge is -2.19. The molecule has 0 radical (unpaired) electrons. The van der Waals surface area contributed by atoms with Crippen molar-refractivity contribution in [1.82, 2.24) is 0 Å². The summed E-state index contributed by atoms with van der Waals surface area (Å²) in [5.41, 5.74) is 1.63. The predicted octanol–water partition coefficient (Wildman–Crippen LogP) is 2.80. The molecular weight excluding hydrogens is 202 g/mol. The first-order valence-electron chi connectivity index (χ1n) is 5.26. The third-order valence-electron chi connectivity index (χ3n) is 2.90. The van der Waals surface area contributed by atoms with Crippen molar-refractivity contribution in [3.63, 3.8) is 0 Å². The molecule has 1 aliphatic heterocycles. The molecule has 3 nitrogen and oxygen atoms in total. The highest BCUT2D eigenvalue weighted by Crippen LogP contribution is 2.32. The molecule has 0 saturated carbocycles. The molecule has 1 aliphatic rings. The smallest absolute Gasteiger partial charge is 0.129 e. The van der Waals surface area contributed by atoms with E-state index in [9.17, 15) is 0 Å². The maximum atomic E-state index is 9.03. The molecule has 2 aromatic carbocycles. The van der Waals surface area contributed by atoms with Crippen molar-refractivity contribution in [2.75, 3.05) is 6.61 Å². The van der Waals surface area contributed by atoms with E-state index in [0.29, 0.717) is 18.7 Å². The quantitative estimate of drug-likeness (QED) is 0.540. The van der Waals surface area contributed by atoms with Crippen LogP contribution in [-0.2, 0) is 0 Å². The molecule has 0 amide bonds. The fraction of sp³-hybridized carbons (Fsp3) is 0.154. The number of rotatable bonds is 0. The van der Waals surface area contributed by atoms with E-state index < -0.39 is 0 Å². The van der Waals surface area contributed by atoms with Crippen molar-refractivity contribution < 1.29 is 9.94 Å². The van der Waals surface area contributed by atoms with Gasteiger partial charge in [-0.25, -0.2) is 0 Å². The third kappa shape index (κ3) is 1.25. The van der Waals surface area contributed by atoms with Gasteiger partial charge in [0.05, 0.1) is 12.3 Å². The van der Waals surface area contributed by atoms with Crippen molar-refractivity contribution in [2.24, 2.45) is 5.16 Å². The van der Waals surface area contributed by atoms with Crippen LogP contribution < -0.4 is 4.74 Å². The molecule has 0 unspecified atom stereocenters. The average Bonchev–Trinajstić information content (AvgIpc) is 2.37. The van der Waals surface area contributed by atoms with Crippen LogP contribution >= 0.6 is 0 Å². The minimum atomic E-state index is 0.574. The van der Waals surface area contributed by atoms with Crippen LogP contribution in [-0.4, -0.2) is 17.5 Å². The lowest BCUT2D eigenvalue weighted by Crippen LogP contribution is -2.16. The predicted molar refractivity (Wildman–Crippen MR) is 62.4 cm³/mol. The standard InChI is InChI=1S/C13H11NO2/c15-14-11-7-8-16-12-6-5-9-3-1-2-4-10(9)13(11)12/h1-6,15H,7-8H2/b14-11+. The summed E-state index contributed by atoms with van der Waals surface area (Å²) < 4.78 is 5.57. The van der Waals surface area contributed by atoms with E-state index in [0.717, 1.165) is 22.1 Å². The van der Waals surface area contributed by atoms with E-state index in [1.165, 1.54) is 0 Å². The van der Waals surface area contributed by atoms with E-state index in [1.807, 2.05) is 36.4 Å². The van der Waals surface area contributed by atoms with E-state index in [-0.39, 0.29) is 0 Å².